The van der Waals surface area contributed by atoms with Crippen LogP contribution >= 0.6 is 0 Å². The number of rotatable bonds is 5. The lowest BCUT2D eigenvalue weighted by Gasteiger charge is -2.60. The van der Waals surface area contributed by atoms with E-state index in [2.05, 4.69) is 13.2 Å². The van der Waals surface area contributed by atoms with Gasteiger partial charge in [0, 0.05) is 22.6 Å². The summed E-state index contributed by atoms with van der Waals surface area (Å²) in [5.74, 6) is -4.87. The second-order valence-corrected chi connectivity index (χ2v) is 9.90. The Bertz CT molecular complexity index is 1060. The second-order valence-electron chi connectivity index (χ2n) is 9.90. The lowest BCUT2D eigenvalue weighted by Crippen LogP contribution is -2.73. The maximum Gasteiger partial charge on any atom is 0.341 e. The number of ether oxygens (including phenoxy) is 5. The number of carbonyl (C=O) groups is 4. The monoisotopic (exact) mass is 490 g/mol. The normalized spacial score (nSPS) is 42.5. The molecule has 0 aromatic carbocycles. The Balaban J connectivity index is 1.87. The fourth-order valence-electron chi connectivity index (χ4n) is 5.43. The summed E-state index contributed by atoms with van der Waals surface area (Å²) >= 11 is 0. The molecule has 190 valence electrons. The van der Waals surface area contributed by atoms with Crippen LogP contribution in [0.1, 0.15) is 34.6 Å². The van der Waals surface area contributed by atoms with E-state index < -0.39 is 83.9 Å². The Morgan fingerprint density at radius 3 is 2.23 bits per heavy atom. The second kappa shape index (κ2) is 8.30. The van der Waals surface area contributed by atoms with Gasteiger partial charge in [0.05, 0.1) is 24.0 Å². The third-order valence-corrected chi connectivity index (χ3v) is 8.05. The molecule has 1 N–H and O–H groups in total. The highest BCUT2D eigenvalue weighted by atomic mass is 16.7. The molecule has 3 aliphatic heterocycles. The topological polar surface area (TPSA) is 138 Å². The van der Waals surface area contributed by atoms with Crippen molar-refractivity contribution in [3.05, 3.63) is 36.0 Å². The van der Waals surface area contributed by atoms with Gasteiger partial charge in [-0.25, -0.2) is 19.2 Å². The van der Waals surface area contributed by atoms with Crippen molar-refractivity contribution in [2.75, 3.05) is 6.61 Å². The summed E-state index contributed by atoms with van der Waals surface area (Å²) in [5, 5.41) is 10.1. The quantitative estimate of drug-likeness (QED) is 0.259. The molecule has 0 amide bonds. The third-order valence-electron chi connectivity index (χ3n) is 8.05. The Hall–Kier alpha value is -2.98. The van der Waals surface area contributed by atoms with Crippen LogP contribution in [0.25, 0.3) is 0 Å². The van der Waals surface area contributed by atoms with Gasteiger partial charge in [0.1, 0.15) is 18.3 Å². The molecule has 0 spiro atoms. The minimum atomic E-state index is -1.34. The van der Waals surface area contributed by atoms with E-state index in [0.717, 1.165) is 0 Å². The van der Waals surface area contributed by atoms with E-state index in [4.69, 9.17) is 23.7 Å². The van der Waals surface area contributed by atoms with E-state index in [0.29, 0.717) is 5.57 Å². The van der Waals surface area contributed by atoms with Crippen molar-refractivity contribution in [3.63, 3.8) is 0 Å². The van der Waals surface area contributed by atoms with Crippen LogP contribution in [-0.2, 0) is 42.9 Å². The molecular weight excluding hydrogens is 460 g/mol. The van der Waals surface area contributed by atoms with Crippen LogP contribution < -0.4 is 0 Å². The van der Waals surface area contributed by atoms with Crippen molar-refractivity contribution in [2.24, 2.45) is 17.3 Å². The Morgan fingerprint density at radius 2 is 1.69 bits per heavy atom. The molecule has 4 aliphatic rings. The van der Waals surface area contributed by atoms with Crippen molar-refractivity contribution in [1.82, 2.24) is 0 Å². The molecule has 4 rings (SSSR count). The predicted molar refractivity (Wildman–Crippen MR) is 118 cm³/mol. The van der Waals surface area contributed by atoms with Crippen LogP contribution in [0.3, 0.4) is 0 Å². The van der Waals surface area contributed by atoms with Crippen LogP contribution in [0.2, 0.25) is 0 Å². The fraction of sp³-hybridized carbons (Fsp3) is 0.600. The summed E-state index contributed by atoms with van der Waals surface area (Å²) in [6.07, 6.45) is -3.47. The molecule has 1 saturated carbocycles. The Morgan fingerprint density at radius 1 is 1.09 bits per heavy atom. The predicted octanol–water partition coefficient (Wildman–Crippen LogP) is 1.16. The third kappa shape index (κ3) is 3.53. The van der Waals surface area contributed by atoms with Crippen LogP contribution in [-0.4, -0.2) is 71.7 Å². The number of aliphatic hydroxyl groups excluding tert-OH is 1. The zero-order valence-corrected chi connectivity index (χ0v) is 20.4. The first-order valence-electron chi connectivity index (χ1n) is 11.5. The number of allylic oxidation sites excluding steroid dienone is 1. The Labute approximate surface area is 202 Å². The van der Waals surface area contributed by atoms with Crippen LogP contribution in [0, 0.1) is 17.3 Å². The summed E-state index contributed by atoms with van der Waals surface area (Å²) < 4.78 is 28.3. The molecule has 3 saturated heterocycles. The van der Waals surface area contributed by atoms with E-state index in [9.17, 15) is 24.3 Å². The van der Waals surface area contributed by atoms with E-state index in [1.54, 1.807) is 40.7 Å². The van der Waals surface area contributed by atoms with Gasteiger partial charge in [-0.3, -0.25) is 0 Å². The summed E-state index contributed by atoms with van der Waals surface area (Å²) in [6.45, 7) is 15.2. The molecule has 0 radical (unpaired) electrons. The molecule has 0 unspecified atom stereocenters. The number of aliphatic hydroxyl groups is 1. The minimum absolute atomic E-state index is 0.0138. The molecular formula is C25H30O10. The summed E-state index contributed by atoms with van der Waals surface area (Å²) in [5.41, 5.74) is -2.32. The number of hydrogen-bond acceptors (Lipinski definition) is 10. The molecule has 1 aliphatic carbocycles. The van der Waals surface area contributed by atoms with Gasteiger partial charge < -0.3 is 28.8 Å². The number of esters is 4. The zero-order valence-electron chi connectivity index (χ0n) is 20.4. The molecule has 2 bridgehead atoms. The van der Waals surface area contributed by atoms with Gasteiger partial charge in [-0.15, -0.1) is 0 Å². The number of cyclic esters (lactones) is 1. The molecule has 0 aromatic rings. The lowest BCUT2D eigenvalue weighted by molar-refractivity contribution is -0.261. The molecule has 9 atom stereocenters. The lowest BCUT2D eigenvalue weighted by atomic mass is 9.52. The maximum absolute atomic E-state index is 13.2. The number of fused-ring (bicyclic) bond motifs is 4. The van der Waals surface area contributed by atoms with E-state index >= 15 is 0 Å². The summed E-state index contributed by atoms with van der Waals surface area (Å²) in [6, 6.07) is 0. The zero-order chi connectivity index (χ0) is 26.0. The fourth-order valence-corrected chi connectivity index (χ4v) is 5.43. The molecule has 3 heterocycles. The van der Waals surface area contributed by atoms with E-state index in [-0.39, 0.29) is 11.1 Å². The van der Waals surface area contributed by atoms with Gasteiger partial charge in [0.15, 0.2) is 11.7 Å². The highest BCUT2D eigenvalue weighted by Gasteiger charge is 2.71. The average Bonchev–Trinajstić information content (AvgIpc) is 3.44. The van der Waals surface area contributed by atoms with Gasteiger partial charge in [0.2, 0.25) is 0 Å². The van der Waals surface area contributed by atoms with Crippen molar-refractivity contribution >= 4 is 23.9 Å². The minimum Gasteiger partial charge on any atom is -0.459 e. The van der Waals surface area contributed by atoms with E-state index in [1.807, 2.05) is 0 Å². The number of hydrogen-bond donors (Lipinski definition) is 1. The van der Waals surface area contributed by atoms with Gasteiger partial charge in [-0.2, -0.15) is 0 Å². The van der Waals surface area contributed by atoms with Crippen molar-refractivity contribution < 1.29 is 48.0 Å². The van der Waals surface area contributed by atoms with Crippen LogP contribution in [0.5, 0.6) is 0 Å². The molecule has 35 heavy (non-hydrogen) atoms. The van der Waals surface area contributed by atoms with Gasteiger partial charge in [-0.1, -0.05) is 26.2 Å². The first kappa shape index (κ1) is 25.1. The standard InChI is InChI=1S/C25H30O10/c1-8-10(2)20(27)32-18-15-11(3)21(28)34-19(18)24(6)14(9-26)31-22(29)12(4)16(24)17(15)33-23(30)25(7)13(5)35-25/h8,13-19,26H,3-4,9H2,1-2,5-7H3/b10-8-/t13-,14+,15-,16-,17-,18-,19-,24+,25-/m0/s1. The number of epoxide rings is 1. The van der Waals surface area contributed by atoms with Gasteiger partial charge in [-0.05, 0) is 27.7 Å². The van der Waals surface area contributed by atoms with Crippen molar-refractivity contribution in [3.8, 4) is 0 Å². The van der Waals surface area contributed by atoms with Crippen molar-refractivity contribution in [1.29, 1.82) is 0 Å². The van der Waals surface area contributed by atoms with Crippen molar-refractivity contribution in [2.45, 2.75) is 70.7 Å². The highest BCUT2D eigenvalue weighted by Crippen LogP contribution is 2.58. The molecule has 10 nitrogen and oxygen atoms in total. The molecule has 10 heteroatoms. The molecule has 4 fully saturated rings. The maximum atomic E-state index is 13.2. The average molecular weight is 491 g/mol. The first-order valence-corrected chi connectivity index (χ1v) is 11.5. The van der Waals surface area contributed by atoms with Crippen LogP contribution in [0.15, 0.2) is 36.0 Å². The largest absolute Gasteiger partial charge is 0.459 e. The number of carbonyl (C=O) groups excluding carboxylic acids is 4. The van der Waals surface area contributed by atoms with E-state index in [1.165, 1.54) is 0 Å². The smallest absolute Gasteiger partial charge is 0.341 e. The summed E-state index contributed by atoms with van der Waals surface area (Å²) in [4.78, 5) is 51.5. The molecule has 0 aromatic heterocycles. The first-order chi connectivity index (χ1) is 16.3. The highest BCUT2D eigenvalue weighted by molar-refractivity contribution is 5.93. The van der Waals surface area contributed by atoms with Gasteiger partial charge >= 0.3 is 23.9 Å². The van der Waals surface area contributed by atoms with Gasteiger partial charge in [0.25, 0.3) is 0 Å². The Kier molecular flexibility index (Phi) is 5.96. The SMILES string of the molecule is C=C1C(=O)O[C@H]2[C@@H](OC(=O)/C(C)=C\C)[C@@H]1[C@H](OC(=O)[C@@]1(C)O[C@H]1C)[C@@H]1C(=C)C(=O)O[C@H](CO)[C@@]21C. The summed E-state index contributed by atoms with van der Waals surface area (Å²) in [7, 11) is 0. The van der Waals surface area contributed by atoms with Crippen LogP contribution in [0.4, 0.5) is 0 Å².